The summed E-state index contributed by atoms with van der Waals surface area (Å²) >= 11 is 2.11. The summed E-state index contributed by atoms with van der Waals surface area (Å²) in [6.45, 7) is 6.74. The summed E-state index contributed by atoms with van der Waals surface area (Å²) in [4.78, 5) is 0. The Kier molecular flexibility index (Phi) is 3.42. The first-order chi connectivity index (χ1) is 6.38. The zero-order chi connectivity index (χ0) is 10.9. The average Bonchev–Trinajstić information content (AvgIpc) is 2.07. The summed E-state index contributed by atoms with van der Waals surface area (Å²) in [6, 6.07) is 3.97. The van der Waals surface area contributed by atoms with Gasteiger partial charge in [-0.1, -0.05) is 26.8 Å². The Morgan fingerprint density at radius 2 is 1.93 bits per heavy atom. The molecule has 0 unspecified atom stereocenters. The van der Waals surface area contributed by atoms with E-state index in [1.165, 1.54) is 0 Å². The van der Waals surface area contributed by atoms with Gasteiger partial charge in [0.15, 0.2) is 0 Å². The number of nitrogens with two attached hydrogens (primary N) is 1. The molecule has 3 heteroatoms. The number of phenols is 1. The van der Waals surface area contributed by atoms with Gasteiger partial charge in [0.05, 0.1) is 3.57 Å². The van der Waals surface area contributed by atoms with Crippen molar-refractivity contribution in [3.8, 4) is 5.75 Å². The van der Waals surface area contributed by atoms with Crippen molar-refractivity contribution in [2.24, 2.45) is 5.73 Å². The van der Waals surface area contributed by atoms with E-state index < -0.39 is 0 Å². The maximum absolute atomic E-state index is 9.85. The Balaban J connectivity index is 3.39. The average molecular weight is 305 g/mol. The highest BCUT2D eigenvalue weighted by atomic mass is 127. The van der Waals surface area contributed by atoms with Crippen LogP contribution in [-0.2, 0) is 12.0 Å². The molecule has 0 saturated carbocycles. The van der Waals surface area contributed by atoms with Crippen LogP contribution in [0.25, 0.3) is 0 Å². The van der Waals surface area contributed by atoms with Crippen LogP contribution in [0.2, 0.25) is 0 Å². The minimum absolute atomic E-state index is 0.0243. The van der Waals surface area contributed by atoms with Crippen molar-refractivity contribution < 1.29 is 5.11 Å². The molecule has 0 radical (unpaired) electrons. The Morgan fingerprint density at radius 3 is 2.36 bits per heavy atom. The molecule has 0 spiro atoms. The van der Waals surface area contributed by atoms with Crippen molar-refractivity contribution in [3.05, 3.63) is 26.8 Å². The first-order valence-electron chi connectivity index (χ1n) is 4.59. The number of benzene rings is 1. The summed E-state index contributed by atoms with van der Waals surface area (Å²) in [5, 5.41) is 9.85. The number of halogens is 1. The second kappa shape index (κ2) is 4.06. The molecular formula is C11H16INO. The van der Waals surface area contributed by atoms with Gasteiger partial charge in [-0.15, -0.1) is 0 Å². The van der Waals surface area contributed by atoms with E-state index in [1.807, 2.05) is 12.1 Å². The Labute approximate surface area is 98.7 Å². The van der Waals surface area contributed by atoms with E-state index in [4.69, 9.17) is 5.73 Å². The van der Waals surface area contributed by atoms with E-state index >= 15 is 0 Å². The van der Waals surface area contributed by atoms with Crippen LogP contribution in [0.5, 0.6) is 5.75 Å². The van der Waals surface area contributed by atoms with Crippen molar-refractivity contribution in [3.63, 3.8) is 0 Å². The lowest BCUT2D eigenvalue weighted by Crippen LogP contribution is -2.16. The molecule has 1 aromatic rings. The Hall–Kier alpha value is -0.290. The molecule has 0 saturated heterocycles. The highest BCUT2D eigenvalue weighted by Gasteiger charge is 2.20. The predicted molar refractivity (Wildman–Crippen MR) is 67.4 cm³/mol. The van der Waals surface area contributed by atoms with Gasteiger partial charge in [0.2, 0.25) is 0 Å². The van der Waals surface area contributed by atoms with Crippen molar-refractivity contribution >= 4 is 22.6 Å². The molecule has 1 rings (SSSR count). The van der Waals surface area contributed by atoms with Gasteiger partial charge in [-0.3, -0.25) is 0 Å². The van der Waals surface area contributed by atoms with Gasteiger partial charge in [-0.05, 0) is 39.6 Å². The van der Waals surface area contributed by atoms with Crippen LogP contribution in [-0.4, -0.2) is 5.11 Å². The summed E-state index contributed by atoms with van der Waals surface area (Å²) in [5.74, 6) is 0.334. The third kappa shape index (κ3) is 2.20. The molecule has 0 aliphatic heterocycles. The topological polar surface area (TPSA) is 46.2 Å². The summed E-state index contributed by atoms with van der Waals surface area (Å²) in [6.07, 6.45) is 0. The lowest BCUT2D eigenvalue weighted by molar-refractivity contribution is 0.458. The van der Waals surface area contributed by atoms with E-state index in [0.717, 1.165) is 14.7 Å². The zero-order valence-corrected chi connectivity index (χ0v) is 10.9. The maximum atomic E-state index is 9.85. The first-order valence-corrected chi connectivity index (χ1v) is 5.66. The van der Waals surface area contributed by atoms with Gasteiger partial charge < -0.3 is 10.8 Å². The molecule has 78 valence electrons. The Bertz CT molecular complexity index is 342. The van der Waals surface area contributed by atoms with Crippen molar-refractivity contribution in [2.75, 3.05) is 0 Å². The number of rotatable bonds is 1. The molecule has 0 heterocycles. The minimum atomic E-state index is 0.0243. The predicted octanol–water partition coefficient (Wildman–Crippen LogP) is 2.75. The van der Waals surface area contributed by atoms with Gasteiger partial charge in [0.25, 0.3) is 0 Å². The fourth-order valence-electron chi connectivity index (χ4n) is 1.52. The van der Waals surface area contributed by atoms with Crippen LogP contribution in [0.4, 0.5) is 0 Å². The van der Waals surface area contributed by atoms with Crippen LogP contribution in [0, 0.1) is 3.57 Å². The fourth-order valence-corrected chi connectivity index (χ4v) is 2.02. The van der Waals surface area contributed by atoms with E-state index in [-0.39, 0.29) is 5.41 Å². The van der Waals surface area contributed by atoms with Gasteiger partial charge >= 0.3 is 0 Å². The molecule has 0 bridgehead atoms. The molecule has 1 aromatic carbocycles. The lowest BCUT2D eigenvalue weighted by atomic mass is 9.83. The monoisotopic (exact) mass is 305 g/mol. The van der Waals surface area contributed by atoms with E-state index in [2.05, 4.69) is 43.4 Å². The third-order valence-electron chi connectivity index (χ3n) is 2.25. The summed E-state index contributed by atoms with van der Waals surface area (Å²) in [5.41, 5.74) is 7.67. The summed E-state index contributed by atoms with van der Waals surface area (Å²) < 4.78 is 0.857. The number of aromatic hydroxyl groups is 1. The normalized spacial score (nSPS) is 11.8. The van der Waals surface area contributed by atoms with Crippen molar-refractivity contribution in [1.82, 2.24) is 0 Å². The quantitative estimate of drug-likeness (QED) is 0.784. The Morgan fingerprint density at radius 1 is 1.36 bits per heavy atom. The molecule has 3 N–H and O–H groups in total. The highest BCUT2D eigenvalue weighted by molar-refractivity contribution is 14.1. The smallest absolute Gasteiger partial charge is 0.133 e. The van der Waals surface area contributed by atoms with Gasteiger partial charge in [-0.2, -0.15) is 0 Å². The van der Waals surface area contributed by atoms with Crippen molar-refractivity contribution in [1.29, 1.82) is 0 Å². The van der Waals surface area contributed by atoms with Gasteiger partial charge in [-0.25, -0.2) is 0 Å². The largest absolute Gasteiger partial charge is 0.506 e. The number of hydrogen-bond donors (Lipinski definition) is 2. The molecule has 2 nitrogen and oxygen atoms in total. The van der Waals surface area contributed by atoms with E-state index in [9.17, 15) is 5.11 Å². The molecule has 14 heavy (non-hydrogen) atoms. The third-order valence-corrected chi connectivity index (χ3v) is 3.12. The van der Waals surface area contributed by atoms with Crippen LogP contribution in [0.15, 0.2) is 12.1 Å². The summed E-state index contributed by atoms with van der Waals surface area (Å²) in [7, 11) is 0. The molecule has 0 aliphatic rings. The molecule has 0 atom stereocenters. The number of phenolic OH excluding ortho intramolecular Hbond substituents is 1. The SMILES string of the molecule is CC(C)(C)c1ccc(I)c(O)c1CN. The van der Waals surface area contributed by atoms with Crippen LogP contribution >= 0.6 is 22.6 Å². The molecular weight excluding hydrogens is 289 g/mol. The molecule has 0 aliphatic carbocycles. The second-order valence-corrected chi connectivity index (χ2v) is 5.54. The van der Waals surface area contributed by atoms with Crippen LogP contribution in [0.3, 0.4) is 0 Å². The second-order valence-electron chi connectivity index (χ2n) is 4.38. The fraction of sp³-hybridized carbons (Fsp3) is 0.455. The van der Waals surface area contributed by atoms with Crippen molar-refractivity contribution in [2.45, 2.75) is 32.7 Å². The first kappa shape index (κ1) is 11.8. The molecule has 0 fully saturated rings. The lowest BCUT2D eigenvalue weighted by Gasteiger charge is -2.23. The highest BCUT2D eigenvalue weighted by Crippen LogP contribution is 2.33. The van der Waals surface area contributed by atoms with Crippen LogP contribution in [0.1, 0.15) is 31.9 Å². The van der Waals surface area contributed by atoms with Gasteiger partial charge in [0.1, 0.15) is 5.75 Å². The standard InChI is InChI=1S/C11H16INO/c1-11(2,3)8-4-5-9(12)10(14)7(8)6-13/h4-5,14H,6,13H2,1-3H3. The number of hydrogen-bond acceptors (Lipinski definition) is 2. The maximum Gasteiger partial charge on any atom is 0.133 e. The molecule has 0 aromatic heterocycles. The molecule has 0 amide bonds. The zero-order valence-electron chi connectivity index (χ0n) is 8.76. The van der Waals surface area contributed by atoms with Gasteiger partial charge in [0, 0.05) is 12.1 Å². The van der Waals surface area contributed by atoms with E-state index in [0.29, 0.717) is 12.3 Å². The minimum Gasteiger partial charge on any atom is -0.506 e. The van der Waals surface area contributed by atoms with E-state index in [1.54, 1.807) is 0 Å². The van der Waals surface area contributed by atoms with Crippen LogP contribution < -0.4 is 5.73 Å².